The van der Waals surface area contributed by atoms with E-state index in [4.69, 9.17) is 0 Å². The van der Waals surface area contributed by atoms with Crippen molar-refractivity contribution in [3.63, 3.8) is 0 Å². The number of rotatable bonds is 1. The minimum atomic E-state index is 0.302. The van der Waals surface area contributed by atoms with Crippen molar-refractivity contribution in [3.8, 4) is 0 Å². The van der Waals surface area contributed by atoms with Gasteiger partial charge in [-0.3, -0.25) is 0 Å². The summed E-state index contributed by atoms with van der Waals surface area (Å²) in [6.07, 6.45) is 2.81. The third-order valence-electron chi connectivity index (χ3n) is 1.36. The van der Waals surface area contributed by atoms with Crippen LogP contribution in [0.1, 0.15) is 26.5 Å². The van der Waals surface area contributed by atoms with Gasteiger partial charge >= 0.3 is 0 Å². The molecule has 0 aliphatic carbocycles. The molecule has 3 heteroatoms. The maximum Gasteiger partial charge on any atom is 0.0832 e. The summed E-state index contributed by atoms with van der Waals surface area (Å²) in [5, 5.41) is 8.21. The summed E-state index contributed by atoms with van der Waals surface area (Å²) in [7, 11) is 1.84. The zero-order valence-corrected chi connectivity index (χ0v) is 7.63. The van der Waals surface area contributed by atoms with E-state index in [1.54, 1.807) is 4.80 Å². The van der Waals surface area contributed by atoms with Gasteiger partial charge in [0.1, 0.15) is 0 Å². The lowest BCUT2D eigenvalue weighted by atomic mass is 9.91. The minimum Gasteiger partial charge on any atom is -0.188 e. The van der Waals surface area contributed by atoms with Crippen molar-refractivity contribution in [2.24, 2.45) is 12.5 Å². The van der Waals surface area contributed by atoms with E-state index in [1.165, 1.54) is 0 Å². The highest BCUT2D eigenvalue weighted by atomic mass is 15.4. The second-order valence-electron chi connectivity index (χ2n) is 4.06. The third-order valence-corrected chi connectivity index (χ3v) is 1.36. The maximum atomic E-state index is 4.20. The first-order valence-electron chi connectivity index (χ1n) is 3.82. The summed E-state index contributed by atoms with van der Waals surface area (Å²) < 4.78 is 0. The smallest absolute Gasteiger partial charge is 0.0832 e. The second-order valence-corrected chi connectivity index (χ2v) is 4.06. The fraction of sp³-hybridized carbons (Fsp3) is 0.750. The van der Waals surface area contributed by atoms with Crippen LogP contribution >= 0.6 is 0 Å². The molecular formula is C8H15N3. The summed E-state index contributed by atoms with van der Waals surface area (Å²) in [4.78, 5) is 1.60. The van der Waals surface area contributed by atoms with E-state index in [2.05, 4.69) is 31.0 Å². The second kappa shape index (κ2) is 2.64. The van der Waals surface area contributed by atoms with Gasteiger partial charge in [-0.1, -0.05) is 20.8 Å². The summed E-state index contributed by atoms with van der Waals surface area (Å²) >= 11 is 0. The number of nitrogens with zero attached hydrogens (tertiary/aromatic N) is 3. The zero-order chi connectivity index (χ0) is 8.48. The lowest BCUT2D eigenvalue weighted by Gasteiger charge is -2.15. The van der Waals surface area contributed by atoms with E-state index in [9.17, 15) is 0 Å². The van der Waals surface area contributed by atoms with Crippen LogP contribution in [0, 0.1) is 5.41 Å². The van der Waals surface area contributed by atoms with Crippen LogP contribution in [0.3, 0.4) is 0 Å². The van der Waals surface area contributed by atoms with Crippen LogP contribution in [0.2, 0.25) is 0 Å². The van der Waals surface area contributed by atoms with Gasteiger partial charge in [0.05, 0.1) is 11.9 Å². The Morgan fingerprint density at radius 1 is 1.45 bits per heavy atom. The molecular weight excluding hydrogens is 138 g/mol. The summed E-state index contributed by atoms with van der Waals surface area (Å²) in [6.45, 7) is 6.59. The Hall–Kier alpha value is -0.860. The number of hydrogen-bond acceptors (Lipinski definition) is 2. The molecule has 0 spiro atoms. The van der Waals surface area contributed by atoms with Crippen LogP contribution in [-0.4, -0.2) is 15.0 Å². The van der Waals surface area contributed by atoms with Crippen LogP contribution in [0.5, 0.6) is 0 Å². The first kappa shape index (κ1) is 8.24. The Morgan fingerprint density at radius 2 is 2.09 bits per heavy atom. The lowest BCUT2D eigenvalue weighted by Crippen LogP contribution is -2.09. The molecule has 1 rings (SSSR count). The highest BCUT2D eigenvalue weighted by Crippen LogP contribution is 2.18. The van der Waals surface area contributed by atoms with E-state index in [-0.39, 0.29) is 0 Å². The van der Waals surface area contributed by atoms with E-state index in [0.717, 1.165) is 12.1 Å². The van der Waals surface area contributed by atoms with Gasteiger partial charge in [-0.25, -0.2) is 0 Å². The Balaban J connectivity index is 2.65. The van der Waals surface area contributed by atoms with Crippen molar-refractivity contribution in [2.75, 3.05) is 0 Å². The predicted octanol–water partition coefficient (Wildman–Crippen LogP) is 1.40. The SMILES string of the molecule is Cn1ncc(CC(C)(C)C)n1. The first-order valence-corrected chi connectivity index (χ1v) is 3.82. The maximum absolute atomic E-state index is 4.20. The third kappa shape index (κ3) is 2.70. The molecule has 0 amide bonds. The number of aryl methyl sites for hydroxylation is 1. The Morgan fingerprint density at radius 3 is 2.45 bits per heavy atom. The van der Waals surface area contributed by atoms with E-state index in [1.807, 2.05) is 13.2 Å². The molecule has 1 aromatic heterocycles. The molecule has 0 bridgehead atoms. The highest BCUT2D eigenvalue weighted by Gasteiger charge is 2.12. The fourth-order valence-corrected chi connectivity index (χ4v) is 1.01. The largest absolute Gasteiger partial charge is 0.188 e. The average molecular weight is 153 g/mol. The van der Waals surface area contributed by atoms with Crippen molar-refractivity contribution in [3.05, 3.63) is 11.9 Å². The highest BCUT2D eigenvalue weighted by molar-refractivity contribution is 4.94. The summed E-state index contributed by atoms with van der Waals surface area (Å²) in [6, 6.07) is 0. The molecule has 0 saturated carbocycles. The Bertz CT molecular complexity index is 232. The molecule has 62 valence electrons. The molecule has 0 aliphatic heterocycles. The molecule has 1 heterocycles. The lowest BCUT2D eigenvalue weighted by molar-refractivity contribution is 0.404. The Kier molecular flexibility index (Phi) is 1.98. The van der Waals surface area contributed by atoms with E-state index in [0.29, 0.717) is 5.41 Å². The molecule has 0 aromatic carbocycles. The van der Waals surface area contributed by atoms with Gasteiger partial charge in [-0.05, 0) is 11.8 Å². The molecule has 0 fully saturated rings. The molecule has 0 saturated heterocycles. The van der Waals surface area contributed by atoms with Gasteiger partial charge in [-0.2, -0.15) is 15.0 Å². The van der Waals surface area contributed by atoms with Crippen LogP contribution in [0.25, 0.3) is 0 Å². The van der Waals surface area contributed by atoms with Gasteiger partial charge in [0.25, 0.3) is 0 Å². The standard InChI is InChI=1S/C8H15N3/c1-8(2,3)5-7-6-9-11(4)10-7/h6H,5H2,1-4H3. The summed E-state index contributed by atoms with van der Waals surface area (Å²) in [5.74, 6) is 0. The van der Waals surface area contributed by atoms with Crippen molar-refractivity contribution in [1.82, 2.24) is 15.0 Å². The van der Waals surface area contributed by atoms with Crippen molar-refractivity contribution >= 4 is 0 Å². The zero-order valence-electron chi connectivity index (χ0n) is 7.63. The van der Waals surface area contributed by atoms with Crippen molar-refractivity contribution in [1.29, 1.82) is 0 Å². The van der Waals surface area contributed by atoms with Gasteiger partial charge in [-0.15, -0.1) is 0 Å². The molecule has 0 N–H and O–H groups in total. The first-order chi connectivity index (χ1) is 4.97. The average Bonchev–Trinajstić information content (AvgIpc) is 2.10. The quantitative estimate of drug-likeness (QED) is 0.610. The van der Waals surface area contributed by atoms with Crippen molar-refractivity contribution in [2.45, 2.75) is 27.2 Å². The number of hydrogen-bond donors (Lipinski definition) is 0. The van der Waals surface area contributed by atoms with E-state index < -0.39 is 0 Å². The Labute approximate surface area is 67.4 Å². The van der Waals surface area contributed by atoms with Gasteiger partial charge in [0.15, 0.2) is 0 Å². The van der Waals surface area contributed by atoms with Crippen molar-refractivity contribution < 1.29 is 0 Å². The predicted molar refractivity (Wildman–Crippen MR) is 44.2 cm³/mol. The molecule has 0 atom stereocenters. The van der Waals surface area contributed by atoms with Crippen LogP contribution < -0.4 is 0 Å². The molecule has 1 aromatic rings. The summed E-state index contributed by atoms with van der Waals surface area (Å²) in [5.41, 5.74) is 1.37. The van der Waals surface area contributed by atoms with Gasteiger partial charge in [0, 0.05) is 7.05 Å². The fourth-order valence-electron chi connectivity index (χ4n) is 1.01. The molecule has 3 nitrogen and oxygen atoms in total. The van der Waals surface area contributed by atoms with Crippen LogP contribution in [0.4, 0.5) is 0 Å². The molecule has 0 aliphatic rings. The van der Waals surface area contributed by atoms with Gasteiger partial charge < -0.3 is 0 Å². The molecule has 11 heavy (non-hydrogen) atoms. The normalized spacial score (nSPS) is 12.0. The minimum absolute atomic E-state index is 0.302. The monoisotopic (exact) mass is 153 g/mol. The topological polar surface area (TPSA) is 30.7 Å². The van der Waals surface area contributed by atoms with Gasteiger partial charge in [0.2, 0.25) is 0 Å². The molecule has 0 unspecified atom stereocenters. The molecule has 0 radical (unpaired) electrons. The van der Waals surface area contributed by atoms with Crippen LogP contribution in [-0.2, 0) is 13.5 Å². The van der Waals surface area contributed by atoms with Crippen LogP contribution in [0.15, 0.2) is 6.20 Å². The van der Waals surface area contributed by atoms with E-state index >= 15 is 0 Å². The number of aromatic nitrogens is 3.